The SMILES string of the molecule is CSc1nnc2n(-c3ccc(C)cc3)c(=O)c3ccccc3n12. The molecule has 0 spiro atoms. The number of hydrogen-bond acceptors (Lipinski definition) is 4. The summed E-state index contributed by atoms with van der Waals surface area (Å²) in [4.78, 5) is 13.0. The molecule has 0 radical (unpaired) electrons. The van der Waals surface area contributed by atoms with Crippen LogP contribution in [0.5, 0.6) is 0 Å². The first-order valence-corrected chi connectivity index (χ1v) is 8.43. The molecule has 0 amide bonds. The topological polar surface area (TPSA) is 52.2 Å². The van der Waals surface area contributed by atoms with Crippen LogP contribution in [0.15, 0.2) is 58.5 Å². The van der Waals surface area contributed by atoms with Crippen molar-refractivity contribution in [1.29, 1.82) is 0 Å². The molecule has 0 atom stereocenters. The highest BCUT2D eigenvalue weighted by molar-refractivity contribution is 7.98. The highest BCUT2D eigenvalue weighted by Crippen LogP contribution is 2.21. The summed E-state index contributed by atoms with van der Waals surface area (Å²) in [5.41, 5.74) is 2.67. The molecule has 4 rings (SSSR count). The molecular formula is C17H14N4OS. The lowest BCUT2D eigenvalue weighted by molar-refractivity contribution is 0.933. The zero-order valence-electron chi connectivity index (χ0n) is 12.7. The zero-order valence-corrected chi connectivity index (χ0v) is 13.5. The second kappa shape index (κ2) is 5.24. The fourth-order valence-electron chi connectivity index (χ4n) is 2.74. The maximum atomic E-state index is 13.0. The summed E-state index contributed by atoms with van der Waals surface area (Å²) in [5, 5.41) is 9.89. The molecule has 0 aliphatic heterocycles. The summed E-state index contributed by atoms with van der Waals surface area (Å²) in [6, 6.07) is 15.4. The van der Waals surface area contributed by atoms with Crippen LogP contribution in [0.25, 0.3) is 22.4 Å². The predicted molar refractivity (Wildman–Crippen MR) is 92.6 cm³/mol. The average molecular weight is 322 g/mol. The van der Waals surface area contributed by atoms with Crippen LogP contribution in [0.3, 0.4) is 0 Å². The van der Waals surface area contributed by atoms with Crippen molar-refractivity contribution < 1.29 is 0 Å². The lowest BCUT2D eigenvalue weighted by Gasteiger charge is -2.11. The Hall–Kier alpha value is -2.60. The Balaban J connectivity index is 2.22. The van der Waals surface area contributed by atoms with Crippen molar-refractivity contribution in [2.24, 2.45) is 0 Å². The first-order valence-electron chi connectivity index (χ1n) is 7.20. The second-order valence-corrected chi connectivity index (χ2v) is 6.09. The van der Waals surface area contributed by atoms with E-state index in [2.05, 4.69) is 10.2 Å². The third kappa shape index (κ3) is 2.06. The van der Waals surface area contributed by atoms with Crippen molar-refractivity contribution in [2.75, 3.05) is 6.26 Å². The number of thioether (sulfide) groups is 1. The Morgan fingerprint density at radius 2 is 1.74 bits per heavy atom. The van der Waals surface area contributed by atoms with Crippen LogP contribution in [-0.4, -0.2) is 25.4 Å². The predicted octanol–water partition coefficient (Wildman–Crippen LogP) is 3.06. The molecule has 23 heavy (non-hydrogen) atoms. The van der Waals surface area contributed by atoms with Gasteiger partial charge in [-0.2, -0.15) is 0 Å². The van der Waals surface area contributed by atoms with Crippen LogP contribution in [0, 0.1) is 6.92 Å². The summed E-state index contributed by atoms with van der Waals surface area (Å²) in [5.74, 6) is 0.530. The van der Waals surface area contributed by atoms with Gasteiger partial charge in [0.2, 0.25) is 5.78 Å². The normalized spacial score (nSPS) is 11.4. The van der Waals surface area contributed by atoms with Gasteiger partial charge in [-0.1, -0.05) is 41.6 Å². The smallest absolute Gasteiger partial charge is 0.267 e. The largest absolute Gasteiger partial charge is 0.268 e. The fourth-order valence-corrected chi connectivity index (χ4v) is 3.22. The minimum Gasteiger partial charge on any atom is -0.268 e. The molecular weight excluding hydrogens is 308 g/mol. The van der Waals surface area contributed by atoms with Crippen LogP contribution in [0.1, 0.15) is 5.56 Å². The fraction of sp³-hybridized carbons (Fsp3) is 0.118. The monoisotopic (exact) mass is 322 g/mol. The van der Waals surface area contributed by atoms with Crippen molar-refractivity contribution >= 4 is 28.4 Å². The van der Waals surface area contributed by atoms with Crippen LogP contribution in [-0.2, 0) is 0 Å². The van der Waals surface area contributed by atoms with Crippen LogP contribution in [0.4, 0.5) is 0 Å². The first kappa shape index (κ1) is 14.0. The van der Waals surface area contributed by atoms with E-state index in [1.165, 1.54) is 11.8 Å². The zero-order chi connectivity index (χ0) is 16.0. The highest BCUT2D eigenvalue weighted by Gasteiger charge is 2.16. The van der Waals surface area contributed by atoms with E-state index in [9.17, 15) is 4.79 Å². The molecule has 0 saturated carbocycles. The van der Waals surface area contributed by atoms with Gasteiger partial charge in [0.05, 0.1) is 16.6 Å². The molecule has 0 aliphatic rings. The average Bonchev–Trinajstić information content (AvgIpc) is 3.00. The van der Waals surface area contributed by atoms with Gasteiger partial charge in [0.15, 0.2) is 5.16 Å². The minimum absolute atomic E-state index is 0.0861. The maximum absolute atomic E-state index is 13.0. The summed E-state index contributed by atoms with van der Waals surface area (Å²) < 4.78 is 3.55. The lowest BCUT2D eigenvalue weighted by atomic mass is 10.2. The molecule has 5 nitrogen and oxygen atoms in total. The molecule has 114 valence electrons. The van der Waals surface area contributed by atoms with Gasteiger partial charge in [-0.15, -0.1) is 10.2 Å². The second-order valence-electron chi connectivity index (χ2n) is 5.32. The molecule has 0 fully saturated rings. The van der Waals surface area contributed by atoms with Crippen LogP contribution >= 0.6 is 11.8 Å². The first-order chi connectivity index (χ1) is 11.2. The number of rotatable bonds is 2. The van der Waals surface area contributed by atoms with Gasteiger partial charge in [0, 0.05) is 0 Å². The van der Waals surface area contributed by atoms with E-state index in [1.807, 2.05) is 66.1 Å². The van der Waals surface area contributed by atoms with Gasteiger partial charge < -0.3 is 0 Å². The van der Waals surface area contributed by atoms with E-state index in [4.69, 9.17) is 0 Å². The summed E-state index contributed by atoms with van der Waals surface area (Å²) >= 11 is 1.51. The molecule has 0 bridgehead atoms. The maximum Gasteiger partial charge on any atom is 0.267 e. The quantitative estimate of drug-likeness (QED) is 0.532. The van der Waals surface area contributed by atoms with Crippen molar-refractivity contribution in [3.05, 3.63) is 64.4 Å². The molecule has 0 unspecified atom stereocenters. The standard InChI is InChI=1S/C17H14N4OS/c1-11-7-9-12(10-8-11)20-15(22)13-5-3-4-6-14(13)21-16(20)18-19-17(21)23-2/h3-10H,1-2H3. The molecule has 2 aromatic carbocycles. The minimum atomic E-state index is -0.0861. The highest BCUT2D eigenvalue weighted by atomic mass is 32.2. The Kier molecular flexibility index (Phi) is 3.20. The molecule has 4 aromatic rings. The van der Waals surface area contributed by atoms with Crippen LogP contribution in [0.2, 0.25) is 0 Å². The number of aryl methyl sites for hydroxylation is 1. The molecule has 0 N–H and O–H groups in total. The van der Waals surface area contributed by atoms with Crippen molar-refractivity contribution in [3.8, 4) is 5.69 Å². The lowest BCUT2D eigenvalue weighted by Crippen LogP contribution is -2.21. The van der Waals surface area contributed by atoms with Gasteiger partial charge in [-0.3, -0.25) is 9.20 Å². The van der Waals surface area contributed by atoms with Gasteiger partial charge in [-0.05, 0) is 37.4 Å². The number of fused-ring (bicyclic) bond motifs is 3. The number of aromatic nitrogens is 4. The van der Waals surface area contributed by atoms with Crippen molar-refractivity contribution in [2.45, 2.75) is 12.1 Å². The molecule has 0 saturated heterocycles. The Morgan fingerprint density at radius 3 is 2.48 bits per heavy atom. The third-order valence-electron chi connectivity index (χ3n) is 3.87. The van der Waals surface area contributed by atoms with E-state index in [0.29, 0.717) is 11.2 Å². The summed E-state index contributed by atoms with van der Waals surface area (Å²) in [6.07, 6.45) is 1.95. The Morgan fingerprint density at radius 1 is 1.00 bits per heavy atom. The van der Waals surface area contributed by atoms with Crippen molar-refractivity contribution in [1.82, 2.24) is 19.2 Å². The van der Waals surface area contributed by atoms with Crippen LogP contribution < -0.4 is 5.56 Å². The van der Waals surface area contributed by atoms with E-state index < -0.39 is 0 Å². The Bertz CT molecular complexity index is 1080. The molecule has 6 heteroatoms. The van der Waals surface area contributed by atoms with Gasteiger partial charge in [-0.25, -0.2) is 4.57 Å². The molecule has 2 heterocycles. The van der Waals surface area contributed by atoms with Crippen molar-refractivity contribution in [3.63, 3.8) is 0 Å². The van der Waals surface area contributed by atoms with Gasteiger partial charge in [0.25, 0.3) is 5.56 Å². The summed E-state index contributed by atoms with van der Waals surface area (Å²) in [7, 11) is 0. The Labute approximate surface area is 136 Å². The van der Waals surface area contributed by atoms with Gasteiger partial charge >= 0.3 is 0 Å². The number of para-hydroxylation sites is 1. The number of nitrogens with zero attached hydrogens (tertiary/aromatic N) is 4. The van der Waals surface area contributed by atoms with E-state index in [1.54, 1.807) is 4.57 Å². The van der Waals surface area contributed by atoms with Gasteiger partial charge in [0.1, 0.15) is 0 Å². The number of benzene rings is 2. The van der Waals surface area contributed by atoms with E-state index >= 15 is 0 Å². The number of hydrogen-bond donors (Lipinski definition) is 0. The van der Waals surface area contributed by atoms with E-state index in [0.717, 1.165) is 21.9 Å². The van der Waals surface area contributed by atoms with E-state index in [-0.39, 0.29) is 5.56 Å². The molecule has 0 aliphatic carbocycles. The summed E-state index contributed by atoms with van der Waals surface area (Å²) in [6.45, 7) is 2.02. The molecule has 2 aromatic heterocycles. The third-order valence-corrected chi connectivity index (χ3v) is 4.50.